The van der Waals surface area contributed by atoms with Crippen molar-refractivity contribution in [3.8, 4) is 0 Å². The van der Waals surface area contributed by atoms with Gasteiger partial charge in [-0.05, 0) is 25.0 Å². The average molecular weight is 162 g/mol. The van der Waals surface area contributed by atoms with Crippen molar-refractivity contribution in [2.24, 2.45) is 5.92 Å². The third-order valence-corrected chi connectivity index (χ3v) is 2.85. The molecule has 0 spiro atoms. The normalized spacial score (nSPS) is 24.8. The molecule has 0 aromatic heterocycles. The maximum absolute atomic E-state index is 4.38. The minimum atomic E-state index is 0.766. The third kappa shape index (κ3) is 1.71. The van der Waals surface area contributed by atoms with Gasteiger partial charge in [0.05, 0.1) is 0 Å². The molecule has 1 nitrogen and oxygen atoms in total. The predicted molar refractivity (Wildman–Crippen MR) is 50.5 cm³/mol. The van der Waals surface area contributed by atoms with E-state index in [9.17, 15) is 0 Å². The van der Waals surface area contributed by atoms with Gasteiger partial charge in [-0.2, -0.15) is 0 Å². The average Bonchev–Trinajstić information content (AvgIpc) is 2.48. The highest BCUT2D eigenvalue weighted by Gasteiger charge is 2.17. The molecule has 1 heteroatoms. The quantitative estimate of drug-likeness (QED) is 0.526. The lowest BCUT2D eigenvalue weighted by atomic mass is 9.97. The van der Waals surface area contributed by atoms with Crippen molar-refractivity contribution in [3.05, 3.63) is 24.0 Å². The fourth-order valence-corrected chi connectivity index (χ4v) is 2.13. The van der Waals surface area contributed by atoms with Gasteiger partial charge in [0, 0.05) is 17.8 Å². The van der Waals surface area contributed by atoms with E-state index in [0.717, 1.165) is 5.92 Å². The first-order chi connectivity index (χ1) is 5.97. The summed E-state index contributed by atoms with van der Waals surface area (Å²) in [5.41, 5.74) is 1.33. The Morgan fingerprint density at radius 1 is 1.08 bits per heavy atom. The Morgan fingerprint density at radius 2 is 1.83 bits per heavy atom. The first-order valence-corrected chi connectivity index (χ1v) is 5.04. The highest BCUT2D eigenvalue weighted by molar-refractivity contribution is 5.21. The molecule has 1 aliphatic heterocycles. The summed E-state index contributed by atoms with van der Waals surface area (Å²) in [6.45, 7) is 0. The van der Waals surface area contributed by atoms with Crippen molar-refractivity contribution in [1.82, 2.24) is 5.32 Å². The van der Waals surface area contributed by atoms with Crippen LogP contribution in [0.3, 0.4) is 0 Å². The van der Waals surface area contributed by atoms with E-state index in [1.807, 2.05) is 6.20 Å². The summed E-state index contributed by atoms with van der Waals surface area (Å²) in [6.07, 6.45) is 14.5. The van der Waals surface area contributed by atoms with E-state index < -0.39 is 0 Å². The molecule has 2 rings (SSSR count). The fourth-order valence-electron chi connectivity index (χ4n) is 2.13. The van der Waals surface area contributed by atoms with Crippen molar-refractivity contribution in [3.63, 3.8) is 0 Å². The van der Waals surface area contributed by atoms with Crippen LogP contribution in [0.15, 0.2) is 24.0 Å². The van der Waals surface area contributed by atoms with Crippen LogP contribution >= 0.6 is 0 Å². The summed E-state index contributed by atoms with van der Waals surface area (Å²) in [6, 6.07) is 0. The van der Waals surface area contributed by atoms with Gasteiger partial charge < -0.3 is 0 Å². The van der Waals surface area contributed by atoms with Crippen LogP contribution in [0.5, 0.6) is 0 Å². The summed E-state index contributed by atoms with van der Waals surface area (Å²) < 4.78 is 0. The van der Waals surface area contributed by atoms with Crippen LogP contribution in [0, 0.1) is 5.92 Å². The zero-order valence-corrected chi connectivity index (χ0v) is 7.50. The molecular weight excluding hydrogens is 146 g/mol. The summed E-state index contributed by atoms with van der Waals surface area (Å²) in [5, 5.41) is 4.38. The summed E-state index contributed by atoms with van der Waals surface area (Å²) in [4.78, 5) is 0. The summed E-state index contributed by atoms with van der Waals surface area (Å²) >= 11 is 0. The van der Waals surface area contributed by atoms with Gasteiger partial charge in [-0.25, -0.2) is 0 Å². The molecule has 12 heavy (non-hydrogen) atoms. The smallest absolute Gasteiger partial charge is 0.0435 e. The van der Waals surface area contributed by atoms with Crippen LogP contribution in [0.25, 0.3) is 0 Å². The van der Waals surface area contributed by atoms with Gasteiger partial charge in [0.1, 0.15) is 0 Å². The van der Waals surface area contributed by atoms with Crippen LogP contribution in [-0.2, 0) is 0 Å². The van der Waals surface area contributed by atoms with Crippen LogP contribution in [0.1, 0.15) is 38.5 Å². The van der Waals surface area contributed by atoms with Crippen molar-refractivity contribution < 1.29 is 0 Å². The van der Waals surface area contributed by atoms with Crippen molar-refractivity contribution >= 4 is 0 Å². The molecule has 0 atom stereocenters. The zero-order chi connectivity index (χ0) is 8.23. The van der Waals surface area contributed by atoms with E-state index >= 15 is 0 Å². The SMILES string of the molecule is C1=C[N]C(C2CCCCCC2)=C1. The third-order valence-electron chi connectivity index (χ3n) is 2.85. The zero-order valence-electron chi connectivity index (χ0n) is 7.50. The van der Waals surface area contributed by atoms with Gasteiger partial charge in [0.25, 0.3) is 0 Å². The molecule has 0 bridgehead atoms. The van der Waals surface area contributed by atoms with Gasteiger partial charge in [0.15, 0.2) is 0 Å². The Hall–Kier alpha value is -0.720. The number of hydrogen-bond acceptors (Lipinski definition) is 0. The number of rotatable bonds is 1. The minimum Gasteiger partial charge on any atom is -0.261 e. The van der Waals surface area contributed by atoms with E-state index in [2.05, 4.69) is 17.5 Å². The van der Waals surface area contributed by atoms with Gasteiger partial charge >= 0.3 is 0 Å². The standard InChI is InChI=1S/C11H16N/c1-2-4-7-10(6-3-1)11-8-5-9-12-11/h5,8-10H,1-4,6-7H2. The second-order valence-electron chi connectivity index (χ2n) is 3.75. The molecule has 65 valence electrons. The first kappa shape index (κ1) is 7.90. The van der Waals surface area contributed by atoms with Crippen molar-refractivity contribution in [2.75, 3.05) is 0 Å². The Morgan fingerprint density at radius 3 is 2.42 bits per heavy atom. The Balaban J connectivity index is 1.93. The fraction of sp³-hybridized carbons (Fsp3) is 0.636. The Labute approximate surface area is 74.5 Å². The molecule has 0 saturated heterocycles. The summed E-state index contributed by atoms with van der Waals surface area (Å²) in [5.74, 6) is 0.766. The molecular formula is C11H16N. The minimum absolute atomic E-state index is 0.766. The number of nitrogens with zero attached hydrogens (tertiary/aromatic N) is 1. The van der Waals surface area contributed by atoms with Crippen LogP contribution < -0.4 is 5.32 Å². The van der Waals surface area contributed by atoms with Crippen molar-refractivity contribution in [1.29, 1.82) is 0 Å². The highest BCUT2D eigenvalue weighted by Crippen LogP contribution is 2.29. The lowest BCUT2D eigenvalue weighted by molar-refractivity contribution is 0.511. The van der Waals surface area contributed by atoms with Crippen LogP contribution in [-0.4, -0.2) is 0 Å². The van der Waals surface area contributed by atoms with Gasteiger partial charge in [0.2, 0.25) is 0 Å². The monoisotopic (exact) mass is 162 g/mol. The van der Waals surface area contributed by atoms with Crippen LogP contribution in [0.2, 0.25) is 0 Å². The highest BCUT2D eigenvalue weighted by atomic mass is 14.9. The number of hydrogen-bond donors (Lipinski definition) is 0. The topological polar surface area (TPSA) is 14.1 Å². The van der Waals surface area contributed by atoms with E-state index in [4.69, 9.17) is 0 Å². The molecule has 0 aromatic rings. The second-order valence-corrected chi connectivity index (χ2v) is 3.75. The molecule has 0 unspecified atom stereocenters. The predicted octanol–water partition coefficient (Wildman–Crippen LogP) is 2.97. The van der Waals surface area contributed by atoms with E-state index in [-0.39, 0.29) is 0 Å². The Kier molecular flexibility index (Phi) is 2.50. The van der Waals surface area contributed by atoms with Gasteiger partial charge in [-0.15, -0.1) is 0 Å². The van der Waals surface area contributed by atoms with E-state index in [1.165, 1.54) is 44.2 Å². The van der Waals surface area contributed by atoms with Gasteiger partial charge in [-0.3, -0.25) is 5.32 Å². The van der Waals surface area contributed by atoms with Gasteiger partial charge in [-0.1, -0.05) is 25.7 Å². The van der Waals surface area contributed by atoms with E-state index in [0.29, 0.717) is 0 Å². The lowest BCUT2D eigenvalue weighted by Crippen LogP contribution is -2.07. The molecule has 1 fully saturated rings. The first-order valence-electron chi connectivity index (χ1n) is 5.04. The molecule has 0 amide bonds. The maximum atomic E-state index is 4.38. The lowest BCUT2D eigenvalue weighted by Gasteiger charge is -2.13. The molecule has 1 radical (unpaired) electrons. The molecule has 1 aliphatic carbocycles. The summed E-state index contributed by atoms with van der Waals surface area (Å²) in [7, 11) is 0. The van der Waals surface area contributed by atoms with Crippen LogP contribution in [0.4, 0.5) is 0 Å². The molecule has 1 saturated carbocycles. The van der Waals surface area contributed by atoms with E-state index in [1.54, 1.807) is 0 Å². The van der Waals surface area contributed by atoms with Crippen molar-refractivity contribution in [2.45, 2.75) is 38.5 Å². The maximum Gasteiger partial charge on any atom is 0.0435 e. The molecule has 0 aromatic carbocycles. The number of allylic oxidation sites excluding steroid dienone is 3. The molecule has 1 heterocycles. The largest absolute Gasteiger partial charge is 0.261 e. The second kappa shape index (κ2) is 3.79. The molecule has 2 aliphatic rings. The Bertz CT molecular complexity index is 195. The molecule has 0 N–H and O–H groups in total.